The fraction of sp³-hybridized carbons (Fsp3) is 0.375. The van der Waals surface area contributed by atoms with Crippen LogP contribution in [0.5, 0.6) is 0 Å². The second-order valence-electron chi connectivity index (χ2n) is 5.90. The van der Waals surface area contributed by atoms with Crippen LogP contribution in [0.25, 0.3) is 11.2 Å². The Hall–Kier alpha value is -2.74. The largest absolute Gasteiger partial charge is 0.373 e. The lowest BCUT2D eigenvalue weighted by Crippen LogP contribution is -2.33. The first kappa shape index (κ1) is 14.8. The van der Waals surface area contributed by atoms with Gasteiger partial charge in [0.25, 0.3) is 0 Å². The minimum Gasteiger partial charge on any atom is -0.373 e. The summed E-state index contributed by atoms with van der Waals surface area (Å²) in [7, 11) is 1.84. The molecule has 0 unspecified atom stereocenters. The molecule has 0 spiro atoms. The van der Waals surface area contributed by atoms with Gasteiger partial charge in [0.05, 0.1) is 18.2 Å². The summed E-state index contributed by atoms with van der Waals surface area (Å²) in [4.78, 5) is 21.5. The van der Waals surface area contributed by atoms with Crippen LogP contribution in [0, 0.1) is 5.92 Å². The first-order chi connectivity index (χ1) is 11.7. The van der Waals surface area contributed by atoms with Crippen LogP contribution in [-0.2, 0) is 16.6 Å². The number of aromatic nitrogens is 5. The molecule has 1 aliphatic rings. The van der Waals surface area contributed by atoms with E-state index in [4.69, 9.17) is 4.74 Å². The normalized spacial score (nSPS) is 21.0. The zero-order valence-electron chi connectivity index (χ0n) is 13.3. The Morgan fingerprint density at radius 3 is 3.21 bits per heavy atom. The summed E-state index contributed by atoms with van der Waals surface area (Å²) in [5.41, 5.74) is 2.38. The van der Waals surface area contributed by atoms with E-state index in [0.29, 0.717) is 12.6 Å². The highest BCUT2D eigenvalue weighted by Crippen LogP contribution is 2.34. The highest BCUT2D eigenvalue weighted by molar-refractivity contribution is 5.93. The Labute approximate surface area is 138 Å². The highest BCUT2D eigenvalue weighted by atomic mass is 16.5. The fourth-order valence-corrected chi connectivity index (χ4v) is 3.13. The van der Waals surface area contributed by atoms with Crippen molar-refractivity contribution in [2.24, 2.45) is 13.0 Å². The third-order valence-electron chi connectivity index (χ3n) is 4.37. The van der Waals surface area contributed by atoms with Crippen molar-refractivity contribution in [1.82, 2.24) is 24.7 Å². The number of pyridine rings is 1. The Morgan fingerprint density at radius 2 is 2.42 bits per heavy atom. The molecule has 1 amide bonds. The number of hydrogen-bond acceptors (Lipinski definition) is 5. The monoisotopic (exact) mass is 326 g/mol. The molecule has 1 fully saturated rings. The predicted molar refractivity (Wildman–Crippen MR) is 87.1 cm³/mol. The molecule has 4 rings (SSSR count). The van der Waals surface area contributed by atoms with Gasteiger partial charge in [-0.15, -0.1) is 0 Å². The number of hydrogen-bond donors (Lipinski definition) is 2. The van der Waals surface area contributed by atoms with Crippen molar-refractivity contribution in [3.63, 3.8) is 0 Å². The lowest BCUT2D eigenvalue weighted by molar-refractivity contribution is -0.129. The lowest BCUT2D eigenvalue weighted by Gasteiger charge is -2.30. The number of imidazole rings is 1. The molecule has 1 aliphatic heterocycles. The Balaban J connectivity index is 1.59. The average molecular weight is 326 g/mol. The minimum atomic E-state index is -0.287. The van der Waals surface area contributed by atoms with Crippen LogP contribution in [0.15, 0.2) is 30.7 Å². The van der Waals surface area contributed by atoms with Gasteiger partial charge in [-0.05, 0) is 25.0 Å². The minimum absolute atomic E-state index is 0.0979. The summed E-state index contributed by atoms with van der Waals surface area (Å²) in [6.45, 7) is 0.649. The van der Waals surface area contributed by atoms with E-state index < -0.39 is 0 Å². The van der Waals surface area contributed by atoms with Crippen molar-refractivity contribution in [2.75, 3.05) is 11.9 Å². The van der Waals surface area contributed by atoms with Crippen LogP contribution in [0.1, 0.15) is 24.5 Å². The number of carbonyl (C=O) groups excluding carboxylic acids is 1. The smallest absolute Gasteiger partial charge is 0.232 e. The molecular weight excluding hydrogens is 308 g/mol. The molecule has 0 radical (unpaired) electrons. The number of carbonyl (C=O) groups is 1. The van der Waals surface area contributed by atoms with Crippen molar-refractivity contribution in [1.29, 1.82) is 0 Å². The van der Waals surface area contributed by atoms with Crippen molar-refractivity contribution in [3.8, 4) is 0 Å². The number of rotatable bonds is 3. The summed E-state index contributed by atoms with van der Waals surface area (Å²) in [6.07, 6.45) is 6.52. The van der Waals surface area contributed by atoms with Crippen LogP contribution >= 0.6 is 0 Å². The first-order valence-corrected chi connectivity index (χ1v) is 7.92. The quantitative estimate of drug-likeness (QED) is 0.765. The fourth-order valence-electron chi connectivity index (χ4n) is 3.13. The van der Waals surface area contributed by atoms with E-state index in [1.165, 1.54) is 0 Å². The number of anilines is 1. The Kier molecular flexibility index (Phi) is 3.73. The number of nitrogens with zero attached hydrogens (tertiary/aromatic N) is 4. The van der Waals surface area contributed by atoms with E-state index in [1.54, 1.807) is 23.2 Å². The van der Waals surface area contributed by atoms with Crippen molar-refractivity contribution < 1.29 is 9.53 Å². The van der Waals surface area contributed by atoms with Crippen LogP contribution in [0.3, 0.4) is 0 Å². The molecule has 2 atom stereocenters. The van der Waals surface area contributed by atoms with Crippen molar-refractivity contribution in [3.05, 3.63) is 36.3 Å². The Morgan fingerprint density at radius 1 is 1.50 bits per heavy atom. The van der Waals surface area contributed by atoms with Gasteiger partial charge >= 0.3 is 0 Å². The number of aryl methyl sites for hydroxylation is 1. The number of nitrogens with one attached hydrogen (secondary N) is 2. The molecule has 2 N–H and O–H groups in total. The van der Waals surface area contributed by atoms with E-state index in [9.17, 15) is 4.79 Å². The Bertz CT molecular complexity index is 857. The maximum atomic E-state index is 12.8. The summed E-state index contributed by atoms with van der Waals surface area (Å²) in [5, 5.41) is 9.66. The van der Waals surface area contributed by atoms with Crippen LogP contribution in [-0.4, -0.2) is 37.2 Å². The van der Waals surface area contributed by atoms with Crippen molar-refractivity contribution in [2.45, 2.75) is 18.9 Å². The number of aromatic amines is 1. The molecule has 3 aromatic rings. The summed E-state index contributed by atoms with van der Waals surface area (Å²) in [6, 6.07) is 3.70. The predicted octanol–water partition coefficient (Wildman–Crippen LogP) is 1.80. The molecule has 1 saturated heterocycles. The van der Waals surface area contributed by atoms with Crippen LogP contribution in [0.2, 0.25) is 0 Å². The number of fused-ring (bicyclic) bond motifs is 1. The zero-order valence-corrected chi connectivity index (χ0v) is 13.3. The van der Waals surface area contributed by atoms with Gasteiger partial charge in [-0.25, -0.2) is 9.97 Å². The maximum Gasteiger partial charge on any atom is 0.232 e. The van der Waals surface area contributed by atoms with Crippen LogP contribution < -0.4 is 5.32 Å². The maximum absolute atomic E-state index is 12.8. The SMILES string of the molecule is Cn1c(NC(=O)[C@@H]2CCCO[C@H]2c2cn[nH]c2)nc2cccnc21. The van der Waals surface area contributed by atoms with Gasteiger partial charge in [-0.1, -0.05) is 0 Å². The summed E-state index contributed by atoms with van der Waals surface area (Å²) < 4.78 is 7.60. The zero-order chi connectivity index (χ0) is 16.5. The topological polar surface area (TPSA) is 97.7 Å². The second kappa shape index (κ2) is 6.04. The van der Waals surface area contributed by atoms with Gasteiger partial charge in [-0.3, -0.25) is 19.8 Å². The third-order valence-corrected chi connectivity index (χ3v) is 4.37. The van der Waals surface area contributed by atoms with Gasteiger partial charge in [0, 0.05) is 31.6 Å². The van der Waals surface area contributed by atoms with E-state index in [2.05, 4.69) is 25.5 Å². The molecule has 4 heterocycles. The third kappa shape index (κ3) is 2.54. The second-order valence-corrected chi connectivity index (χ2v) is 5.90. The molecule has 8 heteroatoms. The molecule has 24 heavy (non-hydrogen) atoms. The summed E-state index contributed by atoms with van der Waals surface area (Å²) in [5.74, 6) is 0.119. The van der Waals surface area contributed by atoms with E-state index in [1.807, 2.05) is 19.2 Å². The molecule has 3 aromatic heterocycles. The number of amides is 1. The van der Waals surface area contributed by atoms with Gasteiger partial charge in [0.2, 0.25) is 11.9 Å². The van der Waals surface area contributed by atoms with Gasteiger partial charge < -0.3 is 4.74 Å². The molecule has 0 saturated carbocycles. The number of H-pyrrole nitrogens is 1. The van der Waals surface area contributed by atoms with Gasteiger partial charge in [0.15, 0.2) is 5.65 Å². The van der Waals surface area contributed by atoms with Crippen molar-refractivity contribution >= 4 is 23.0 Å². The molecule has 0 bridgehead atoms. The molecule has 0 aromatic carbocycles. The summed E-state index contributed by atoms with van der Waals surface area (Å²) >= 11 is 0. The molecular formula is C16H18N6O2. The van der Waals surface area contributed by atoms with Crippen LogP contribution in [0.4, 0.5) is 5.95 Å². The standard InChI is InChI=1S/C16H18N6O2/c1-22-14-12(5-2-6-17-14)20-16(22)21-15(23)11-4-3-7-24-13(11)10-8-18-19-9-10/h2,5-6,8-9,11,13H,3-4,7H2,1H3,(H,18,19)(H,20,21,23)/t11-,13+/m1/s1. The lowest BCUT2D eigenvalue weighted by atomic mass is 9.90. The van der Waals surface area contributed by atoms with Gasteiger partial charge in [0.1, 0.15) is 5.52 Å². The highest BCUT2D eigenvalue weighted by Gasteiger charge is 2.34. The molecule has 8 nitrogen and oxygen atoms in total. The van der Waals surface area contributed by atoms with Gasteiger partial charge in [-0.2, -0.15) is 5.10 Å². The first-order valence-electron chi connectivity index (χ1n) is 7.92. The van der Waals surface area contributed by atoms with E-state index >= 15 is 0 Å². The number of ether oxygens (including phenoxy) is 1. The molecule has 0 aliphatic carbocycles. The van der Waals surface area contributed by atoms with E-state index in [-0.39, 0.29) is 17.9 Å². The van der Waals surface area contributed by atoms with E-state index in [0.717, 1.165) is 29.6 Å². The molecule has 124 valence electrons. The average Bonchev–Trinajstić information content (AvgIpc) is 3.24.